The van der Waals surface area contributed by atoms with Gasteiger partial charge >= 0.3 is 5.69 Å². The van der Waals surface area contributed by atoms with Crippen LogP contribution in [0.3, 0.4) is 0 Å². The Labute approximate surface area is 220 Å². The zero-order chi connectivity index (χ0) is 26.8. The average Bonchev–Trinajstić information content (AvgIpc) is 3.35. The van der Waals surface area contributed by atoms with Crippen molar-refractivity contribution < 1.29 is 4.79 Å². The van der Waals surface area contributed by atoms with Gasteiger partial charge in [0, 0.05) is 46.8 Å². The minimum absolute atomic E-state index is 0.128. The third-order valence-electron chi connectivity index (χ3n) is 7.09. The normalized spacial score (nSPS) is 14.2. The van der Waals surface area contributed by atoms with Gasteiger partial charge in [0.2, 0.25) is 5.91 Å². The van der Waals surface area contributed by atoms with Crippen LogP contribution in [0.4, 0.5) is 11.5 Å². The molecule has 4 aromatic rings. The summed E-state index contributed by atoms with van der Waals surface area (Å²) in [4.78, 5) is 50.7. The Kier molecular flexibility index (Phi) is 7.10. The Balaban J connectivity index is 1.17. The molecule has 0 unspecified atom stereocenters. The van der Waals surface area contributed by atoms with E-state index in [1.807, 2.05) is 6.07 Å². The van der Waals surface area contributed by atoms with E-state index in [4.69, 9.17) is 0 Å². The molecule has 1 N–H and O–H groups in total. The number of hydrogen-bond acceptors (Lipinski definition) is 7. The van der Waals surface area contributed by atoms with Gasteiger partial charge in [0.25, 0.3) is 5.56 Å². The zero-order valence-corrected chi connectivity index (χ0v) is 21.9. The molecule has 1 aliphatic heterocycles. The van der Waals surface area contributed by atoms with E-state index >= 15 is 0 Å². The molecular weight excluding hydrogens is 484 g/mol. The fourth-order valence-corrected chi connectivity index (χ4v) is 4.87. The van der Waals surface area contributed by atoms with Gasteiger partial charge in [0.1, 0.15) is 12.4 Å². The molecule has 5 rings (SSSR count). The van der Waals surface area contributed by atoms with Gasteiger partial charge in [-0.15, -0.1) is 0 Å². The minimum Gasteiger partial charge on any atom is -0.368 e. The summed E-state index contributed by atoms with van der Waals surface area (Å²) in [7, 11) is 2.94. The number of pyridine rings is 1. The lowest BCUT2D eigenvalue weighted by Crippen LogP contribution is -2.46. The van der Waals surface area contributed by atoms with E-state index in [1.54, 1.807) is 12.3 Å². The third kappa shape index (κ3) is 5.10. The number of aryl methyl sites for hydroxylation is 2. The van der Waals surface area contributed by atoms with Crippen LogP contribution in [0.2, 0.25) is 0 Å². The highest BCUT2D eigenvalue weighted by Crippen LogP contribution is 2.19. The predicted octanol–water partition coefficient (Wildman–Crippen LogP) is 1.35. The first-order chi connectivity index (χ1) is 18.3. The van der Waals surface area contributed by atoms with Gasteiger partial charge < -0.3 is 14.8 Å². The molecular formula is C27H32N8O3. The van der Waals surface area contributed by atoms with E-state index in [9.17, 15) is 14.4 Å². The van der Waals surface area contributed by atoms with Crippen molar-refractivity contribution in [2.45, 2.75) is 26.4 Å². The highest BCUT2D eigenvalue weighted by Gasteiger charge is 2.19. The van der Waals surface area contributed by atoms with Gasteiger partial charge in [-0.2, -0.15) is 0 Å². The zero-order valence-electron chi connectivity index (χ0n) is 21.9. The van der Waals surface area contributed by atoms with Crippen LogP contribution in [-0.4, -0.2) is 60.7 Å². The molecule has 38 heavy (non-hydrogen) atoms. The largest absolute Gasteiger partial charge is 0.368 e. The van der Waals surface area contributed by atoms with Crippen molar-refractivity contribution in [2.24, 2.45) is 14.1 Å². The van der Waals surface area contributed by atoms with E-state index < -0.39 is 11.2 Å². The van der Waals surface area contributed by atoms with Gasteiger partial charge in [-0.05, 0) is 29.7 Å². The van der Waals surface area contributed by atoms with E-state index in [2.05, 4.69) is 56.3 Å². The number of carbonyl (C=O) groups is 1. The lowest BCUT2D eigenvalue weighted by Gasteiger charge is -2.36. The molecule has 0 bridgehead atoms. The Morgan fingerprint density at radius 1 is 0.974 bits per heavy atom. The Hall–Kier alpha value is -4.25. The maximum atomic E-state index is 12.7. The molecule has 1 fully saturated rings. The van der Waals surface area contributed by atoms with Crippen molar-refractivity contribution in [3.63, 3.8) is 0 Å². The molecule has 3 aromatic heterocycles. The average molecular weight is 517 g/mol. The Bertz CT molecular complexity index is 1580. The molecule has 0 atom stereocenters. The molecule has 0 saturated carbocycles. The van der Waals surface area contributed by atoms with Crippen molar-refractivity contribution in [1.82, 2.24) is 28.6 Å². The molecule has 0 radical (unpaired) electrons. The minimum atomic E-state index is -0.495. The quantitative estimate of drug-likeness (QED) is 0.395. The molecule has 0 aliphatic carbocycles. The van der Waals surface area contributed by atoms with Crippen LogP contribution in [0.25, 0.3) is 11.2 Å². The molecule has 11 nitrogen and oxygen atoms in total. The summed E-state index contributed by atoms with van der Waals surface area (Å²) < 4.78 is 3.73. The molecule has 1 aromatic carbocycles. The second kappa shape index (κ2) is 10.6. The van der Waals surface area contributed by atoms with Crippen LogP contribution in [0.1, 0.15) is 18.1 Å². The SMILES string of the molecule is CCc1cccc(CN2CCN(c3ccc(NC(=O)Cn4cnc5c4c(=O)n(C)c(=O)n5C)nc3)CC2)c1. The monoisotopic (exact) mass is 516 g/mol. The van der Waals surface area contributed by atoms with Crippen molar-refractivity contribution >= 4 is 28.6 Å². The number of benzene rings is 1. The van der Waals surface area contributed by atoms with E-state index in [-0.39, 0.29) is 23.6 Å². The fourth-order valence-electron chi connectivity index (χ4n) is 4.87. The number of hydrogen-bond donors (Lipinski definition) is 1. The molecule has 198 valence electrons. The van der Waals surface area contributed by atoms with Crippen LogP contribution in [-0.2, 0) is 38.4 Å². The second-order valence-electron chi connectivity index (χ2n) is 9.64. The van der Waals surface area contributed by atoms with Crippen LogP contribution in [0.15, 0.2) is 58.5 Å². The topological polar surface area (TPSA) is 110 Å². The molecule has 0 spiro atoms. The molecule has 11 heteroatoms. The number of anilines is 2. The summed E-state index contributed by atoms with van der Waals surface area (Å²) in [6.45, 7) is 6.77. The summed E-state index contributed by atoms with van der Waals surface area (Å²) in [6.07, 6.45) is 4.21. The highest BCUT2D eigenvalue weighted by molar-refractivity contribution is 5.90. The number of fused-ring (bicyclic) bond motifs is 1. The van der Waals surface area contributed by atoms with Crippen LogP contribution >= 0.6 is 0 Å². The lowest BCUT2D eigenvalue weighted by molar-refractivity contribution is -0.116. The first kappa shape index (κ1) is 25.4. The van der Waals surface area contributed by atoms with Crippen LogP contribution in [0, 0.1) is 0 Å². The first-order valence-corrected chi connectivity index (χ1v) is 12.8. The molecule has 1 saturated heterocycles. The fraction of sp³-hybridized carbons (Fsp3) is 0.370. The van der Waals surface area contributed by atoms with Crippen molar-refractivity contribution in [3.05, 3.63) is 80.9 Å². The lowest BCUT2D eigenvalue weighted by atomic mass is 10.1. The second-order valence-corrected chi connectivity index (χ2v) is 9.64. The summed E-state index contributed by atoms with van der Waals surface area (Å²) in [6, 6.07) is 12.5. The van der Waals surface area contributed by atoms with Crippen LogP contribution in [0.5, 0.6) is 0 Å². The summed E-state index contributed by atoms with van der Waals surface area (Å²) in [5, 5.41) is 2.78. The molecule has 1 aliphatic rings. The third-order valence-corrected chi connectivity index (χ3v) is 7.09. The number of aromatic nitrogens is 5. The maximum absolute atomic E-state index is 12.7. The summed E-state index contributed by atoms with van der Waals surface area (Å²) in [5.74, 6) is 0.0825. The molecule has 1 amide bonds. The van der Waals surface area contributed by atoms with Crippen molar-refractivity contribution in [3.8, 4) is 0 Å². The number of nitrogens with one attached hydrogen (secondary N) is 1. The Morgan fingerprint density at radius 3 is 2.45 bits per heavy atom. The summed E-state index contributed by atoms with van der Waals surface area (Å²) in [5.41, 5.74) is 3.21. The highest BCUT2D eigenvalue weighted by atomic mass is 16.2. The van der Waals surface area contributed by atoms with E-state index in [0.29, 0.717) is 5.82 Å². The number of rotatable bonds is 7. The summed E-state index contributed by atoms with van der Waals surface area (Å²) >= 11 is 0. The Morgan fingerprint density at radius 2 is 1.74 bits per heavy atom. The van der Waals surface area contributed by atoms with Crippen molar-refractivity contribution in [1.29, 1.82) is 0 Å². The number of imidazole rings is 1. The number of nitrogens with zero attached hydrogens (tertiary/aromatic N) is 7. The number of piperazine rings is 1. The van der Waals surface area contributed by atoms with Crippen LogP contribution < -0.4 is 21.5 Å². The number of carbonyl (C=O) groups excluding carboxylic acids is 1. The molecule has 4 heterocycles. The standard InChI is InChI=1S/C27H32N8O3/c1-4-19-6-5-7-20(14-19)16-33-10-12-34(13-11-33)21-8-9-22(28-15-21)30-23(36)17-35-18-29-25-24(35)26(37)32(3)27(38)31(25)2/h5-9,14-15,18H,4,10-13,16-17H2,1-3H3,(H,28,30,36). The van der Waals surface area contributed by atoms with Gasteiger partial charge in [-0.25, -0.2) is 14.8 Å². The smallest absolute Gasteiger partial charge is 0.332 e. The van der Waals surface area contributed by atoms with Crippen molar-refractivity contribution in [2.75, 3.05) is 36.4 Å². The van der Waals surface area contributed by atoms with E-state index in [1.165, 1.54) is 40.7 Å². The first-order valence-electron chi connectivity index (χ1n) is 12.8. The van der Waals surface area contributed by atoms with Gasteiger partial charge in [0.15, 0.2) is 11.2 Å². The predicted molar refractivity (Wildman–Crippen MR) is 146 cm³/mol. The van der Waals surface area contributed by atoms with Gasteiger partial charge in [0.05, 0.1) is 18.2 Å². The van der Waals surface area contributed by atoms with E-state index in [0.717, 1.165) is 49.4 Å². The number of amides is 1. The van der Waals surface area contributed by atoms with Gasteiger partial charge in [-0.3, -0.25) is 23.6 Å². The maximum Gasteiger partial charge on any atom is 0.332 e. The van der Waals surface area contributed by atoms with Gasteiger partial charge in [-0.1, -0.05) is 31.2 Å².